The molecule has 2 aliphatic heterocycles. The minimum absolute atomic E-state index is 0.205. The number of nitrogens with one attached hydrogen (secondary N) is 1. The minimum Gasteiger partial charge on any atom is -0.340 e. The van der Waals surface area contributed by atoms with Crippen LogP contribution in [0.4, 0.5) is 0 Å². The van der Waals surface area contributed by atoms with Gasteiger partial charge in [-0.1, -0.05) is 26.2 Å². The summed E-state index contributed by atoms with van der Waals surface area (Å²) in [6.45, 7) is 9.47. The van der Waals surface area contributed by atoms with Crippen LogP contribution in [0.2, 0.25) is 0 Å². The van der Waals surface area contributed by atoms with Gasteiger partial charge in [0.2, 0.25) is 5.91 Å². The van der Waals surface area contributed by atoms with Gasteiger partial charge in [-0.05, 0) is 37.8 Å². The van der Waals surface area contributed by atoms with E-state index in [-0.39, 0.29) is 5.92 Å². The van der Waals surface area contributed by atoms with Crippen molar-refractivity contribution in [3.05, 3.63) is 0 Å². The third-order valence-electron chi connectivity index (χ3n) is 5.83. The highest BCUT2D eigenvalue weighted by atomic mass is 16.2. The van der Waals surface area contributed by atoms with E-state index in [1.807, 2.05) is 0 Å². The van der Waals surface area contributed by atoms with Crippen molar-refractivity contribution in [2.24, 2.45) is 17.8 Å². The van der Waals surface area contributed by atoms with Crippen molar-refractivity contribution < 1.29 is 4.79 Å². The van der Waals surface area contributed by atoms with E-state index in [0.717, 1.165) is 45.2 Å². The van der Waals surface area contributed by atoms with Crippen molar-refractivity contribution in [3.8, 4) is 0 Å². The molecule has 2 saturated heterocycles. The van der Waals surface area contributed by atoms with E-state index in [4.69, 9.17) is 0 Å². The molecule has 3 aliphatic rings. The Labute approximate surface area is 129 Å². The number of amides is 1. The molecule has 1 aliphatic carbocycles. The van der Waals surface area contributed by atoms with Crippen LogP contribution in [0.3, 0.4) is 0 Å². The predicted molar refractivity (Wildman–Crippen MR) is 85.1 cm³/mol. The lowest BCUT2D eigenvalue weighted by atomic mass is 9.87. The van der Waals surface area contributed by atoms with Gasteiger partial charge in [0.15, 0.2) is 0 Å². The Morgan fingerprint density at radius 2 is 1.76 bits per heavy atom. The van der Waals surface area contributed by atoms with Gasteiger partial charge in [0.25, 0.3) is 0 Å². The Balaban J connectivity index is 1.40. The molecule has 0 radical (unpaired) electrons. The van der Waals surface area contributed by atoms with E-state index in [1.165, 1.54) is 38.6 Å². The fraction of sp³-hybridized carbons (Fsp3) is 0.941. The molecule has 1 N–H and O–H groups in total. The highest BCUT2D eigenvalue weighted by Gasteiger charge is 2.33. The summed E-state index contributed by atoms with van der Waals surface area (Å²) in [4.78, 5) is 17.2. The number of hydrogen-bond donors (Lipinski definition) is 1. The highest BCUT2D eigenvalue weighted by molar-refractivity contribution is 5.79. The van der Waals surface area contributed by atoms with E-state index in [0.29, 0.717) is 11.8 Å². The fourth-order valence-corrected chi connectivity index (χ4v) is 4.04. The summed E-state index contributed by atoms with van der Waals surface area (Å²) in [5, 5.41) is 3.27. The lowest BCUT2D eigenvalue weighted by Crippen LogP contribution is -2.54. The topological polar surface area (TPSA) is 35.6 Å². The summed E-state index contributed by atoms with van der Waals surface area (Å²) in [6, 6.07) is 0. The molecule has 3 rings (SSSR count). The molecule has 3 fully saturated rings. The van der Waals surface area contributed by atoms with Gasteiger partial charge in [-0.15, -0.1) is 0 Å². The Morgan fingerprint density at radius 1 is 1.10 bits per heavy atom. The van der Waals surface area contributed by atoms with Crippen LogP contribution in [0.1, 0.15) is 39.0 Å². The summed E-state index contributed by atoms with van der Waals surface area (Å²) in [5.41, 5.74) is 0. The fourth-order valence-electron chi connectivity index (χ4n) is 4.04. The zero-order valence-corrected chi connectivity index (χ0v) is 13.5. The molecule has 1 amide bonds. The molecule has 0 aromatic heterocycles. The standard InChI is InChI=1S/C17H31N3O/c1-14(16-11-18-12-16)17(21)20-9-7-19(8-10-20)13-15-5-3-2-4-6-15/h14-16,18H,2-13H2,1H3. The van der Waals surface area contributed by atoms with Crippen molar-refractivity contribution >= 4 is 5.91 Å². The van der Waals surface area contributed by atoms with Gasteiger partial charge < -0.3 is 10.2 Å². The Bertz CT molecular complexity index is 342. The first kappa shape index (κ1) is 15.3. The second kappa shape index (κ2) is 7.10. The number of rotatable bonds is 4. The number of carbonyl (C=O) groups excluding carboxylic acids is 1. The summed E-state index contributed by atoms with van der Waals surface area (Å²) in [7, 11) is 0. The van der Waals surface area contributed by atoms with Crippen LogP contribution in [0.15, 0.2) is 0 Å². The van der Waals surface area contributed by atoms with Gasteiger partial charge >= 0.3 is 0 Å². The quantitative estimate of drug-likeness (QED) is 0.854. The lowest BCUT2D eigenvalue weighted by Gasteiger charge is -2.40. The number of carbonyl (C=O) groups is 1. The van der Waals surface area contributed by atoms with E-state index in [1.54, 1.807) is 0 Å². The van der Waals surface area contributed by atoms with Gasteiger partial charge in [-0.25, -0.2) is 0 Å². The van der Waals surface area contributed by atoms with E-state index in [9.17, 15) is 4.79 Å². The number of nitrogens with zero attached hydrogens (tertiary/aromatic N) is 2. The Morgan fingerprint density at radius 3 is 2.33 bits per heavy atom. The largest absolute Gasteiger partial charge is 0.340 e. The van der Waals surface area contributed by atoms with Crippen molar-refractivity contribution in [2.45, 2.75) is 39.0 Å². The van der Waals surface area contributed by atoms with Gasteiger partial charge in [-0.2, -0.15) is 0 Å². The van der Waals surface area contributed by atoms with E-state index < -0.39 is 0 Å². The Kier molecular flexibility index (Phi) is 5.17. The van der Waals surface area contributed by atoms with Crippen molar-refractivity contribution in [1.82, 2.24) is 15.1 Å². The van der Waals surface area contributed by atoms with Crippen LogP contribution >= 0.6 is 0 Å². The molecule has 4 heteroatoms. The molecule has 0 spiro atoms. The number of piperazine rings is 1. The molecule has 1 unspecified atom stereocenters. The molecule has 2 heterocycles. The first-order valence-corrected chi connectivity index (χ1v) is 8.96. The molecule has 0 aromatic rings. The minimum atomic E-state index is 0.205. The van der Waals surface area contributed by atoms with Gasteiger partial charge in [0.1, 0.15) is 0 Å². The second-order valence-corrected chi connectivity index (χ2v) is 7.34. The molecule has 21 heavy (non-hydrogen) atoms. The third kappa shape index (κ3) is 3.78. The molecule has 4 nitrogen and oxygen atoms in total. The van der Waals surface area contributed by atoms with Gasteiger partial charge in [-0.3, -0.25) is 9.69 Å². The molecule has 0 bridgehead atoms. The normalized spacial score (nSPS) is 27.4. The van der Waals surface area contributed by atoms with E-state index in [2.05, 4.69) is 22.0 Å². The lowest BCUT2D eigenvalue weighted by molar-refractivity contribution is -0.139. The van der Waals surface area contributed by atoms with Crippen molar-refractivity contribution in [2.75, 3.05) is 45.8 Å². The molecular weight excluding hydrogens is 262 g/mol. The predicted octanol–water partition coefficient (Wildman–Crippen LogP) is 1.57. The maximum absolute atomic E-state index is 12.5. The third-order valence-corrected chi connectivity index (χ3v) is 5.83. The summed E-state index contributed by atoms with van der Waals surface area (Å²) in [5.74, 6) is 2.08. The average Bonchev–Trinajstić information content (AvgIpc) is 2.46. The van der Waals surface area contributed by atoms with Crippen molar-refractivity contribution in [1.29, 1.82) is 0 Å². The monoisotopic (exact) mass is 293 g/mol. The maximum atomic E-state index is 12.5. The maximum Gasteiger partial charge on any atom is 0.225 e. The molecular formula is C17H31N3O. The Hall–Kier alpha value is -0.610. The summed E-state index contributed by atoms with van der Waals surface area (Å²) >= 11 is 0. The molecule has 1 saturated carbocycles. The van der Waals surface area contributed by atoms with Crippen LogP contribution in [-0.4, -0.2) is 61.5 Å². The van der Waals surface area contributed by atoms with E-state index >= 15 is 0 Å². The van der Waals surface area contributed by atoms with Crippen LogP contribution in [0.25, 0.3) is 0 Å². The summed E-state index contributed by atoms with van der Waals surface area (Å²) in [6.07, 6.45) is 7.13. The molecule has 1 atom stereocenters. The highest BCUT2D eigenvalue weighted by Crippen LogP contribution is 2.25. The SMILES string of the molecule is CC(C(=O)N1CCN(CC2CCCCC2)CC1)C1CNC1. The van der Waals surface area contributed by atoms with Crippen LogP contribution in [-0.2, 0) is 4.79 Å². The molecule has 0 aromatic carbocycles. The number of hydrogen-bond acceptors (Lipinski definition) is 3. The first-order chi connectivity index (χ1) is 10.2. The molecule has 120 valence electrons. The van der Waals surface area contributed by atoms with Gasteiger partial charge in [0.05, 0.1) is 0 Å². The second-order valence-electron chi connectivity index (χ2n) is 7.34. The first-order valence-electron chi connectivity index (χ1n) is 8.96. The zero-order chi connectivity index (χ0) is 14.7. The van der Waals surface area contributed by atoms with Crippen LogP contribution in [0, 0.1) is 17.8 Å². The van der Waals surface area contributed by atoms with Gasteiger partial charge in [0, 0.05) is 38.6 Å². The average molecular weight is 293 g/mol. The van der Waals surface area contributed by atoms with Crippen LogP contribution < -0.4 is 5.32 Å². The van der Waals surface area contributed by atoms with Crippen molar-refractivity contribution in [3.63, 3.8) is 0 Å². The summed E-state index contributed by atoms with van der Waals surface area (Å²) < 4.78 is 0. The smallest absolute Gasteiger partial charge is 0.225 e. The zero-order valence-electron chi connectivity index (χ0n) is 13.5. The van der Waals surface area contributed by atoms with Crippen LogP contribution in [0.5, 0.6) is 0 Å².